The van der Waals surface area contributed by atoms with Crippen molar-refractivity contribution < 1.29 is 18.3 Å². The van der Waals surface area contributed by atoms with Crippen molar-refractivity contribution in [2.24, 2.45) is 5.41 Å². The normalized spacial score (nSPS) is 12.4. The zero-order valence-electron chi connectivity index (χ0n) is 12.7. The highest BCUT2D eigenvalue weighted by molar-refractivity contribution is 7.89. The van der Waals surface area contributed by atoms with E-state index in [4.69, 9.17) is 10.5 Å². The Kier molecular flexibility index (Phi) is 6.00. The van der Waals surface area contributed by atoms with E-state index in [9.17, 15) is 13.5 Å². The van der Waals surface area contributed by atoms with Crippen molar-refractivity contribution in [3.05, 3.63) is 18.2 Å². The van der Waals surface area contributed by atoms with Crippen LogP contribution < -0.4 is 15.2 Å². The number of nitrogens with one attached hydrogen (secondary N) is 1. The Morgan fingerprint density at radius 3 is 2.38 bits per heavy atom. The molecule has 0 aliphatic carbocycles. The summed E-state index contributed by atoms with van der Waals surface area (Å²) in [6.45, 7) is 3.98. The summed E-state index contributed by atoms with van der Waals surface area (Å²) < 4.78 is 32.1. The summed E-state index contributed by atoms with van der Waals surface area (Å²) >= 11 is 0. The first kappa shape index (κ1) is 17.7. The summed E-state index contributed by atoms with van der Waals surface area (Å²) in [7, 11) is -2.20. The van der Waals surface area contributed by atoms with Crippen molar-refractivity contribution in [2.45, 2.75) is 31.6 Å². The van der Waals surface area contributed by atoms with E-state index in [1.165, 1.54) is 25.3 Å². The molecule has 0 amide bonds. The summed E-state index contributed by atoms with van der Waals surface area (Å²) in [5, 5.41) is 9.49. The van der Waals surface area contributed by atoms with Gasteiger partial charge in [0.15, 0.2) is 0 Å². The van der Waals surface area contributed by atoms with E-state index in [1.54, 1.807) is 0 Å². The van der Waals surface area contributed by atoms with Gasteiger partial charge in [-0.2, -0.15) is 0 Å². The Morgan fingerprint density at radius 1 is 1.33 bits per heavy atom. The fourth-order valence-electron chi connectivity index (χ4n) is 1.99. The lowest BCUT2D eigenvalue weighted by Crippen LogP contribution is -2.39. The highest BCUT2D eigenvalue weighted by Crippen LogP contribution is 2.27. The van der Waals surface area contributed by atoms with E-state index < -0.39 is 15.4 Å². The summed E-state index contributed by atoms with van der Waals surface area (Å²) in [6, 6.07) is 4.32. The molecule has 0 heterocycles. The number of rotatable bonds is 8. The lowest BCUT2D eigenvalue weighted by Gasteiger charge is -2.29. The zero-order chi connectivity index (χ0) is 16.1. The van der Waals surface area contributed by atoms with Crippen molar-refractivity contribution in [3.63, 3.8) is 0 Å². The highest BCUT2D eigenvalue weighted by Gasteiger charge is 2.28. The van der Waals surface area contributed by atoms with Gasteiger partial charge in [0.05, 0.1) is 17.7 Å². The number of nitrogens with two attached hydrogens (primary N) is 1. The Labute approximate surface area is 126 Å². The second kappa shape index (κ2) is 7.11. The van der Waals surface area contributed by atoms with Crippen molar-refractivity contribution >= 4 is 15.7 Å². The number of aliphatic hydroxyl groups excluding tert-OH is 1. The summed E-state index contributed by atoms with van der Waals surface area (Å²) in [6.07, 6.45) is 1.38. The molecule has 0 fully saturated rings. The minimum atomic E-state index is -3.67. The molecule has 0 aliphatic rings. The molecule has 0 saturated heterocycles. The summed E-state index contributed by atoms with van der Waals surface area (Å²) in [5.41, 5.74) is 5.56. The summed E-state index contributed by atoms with van der Waals surface area (Å²) in [5.74, 6) is 0.431. The van der Waals surface area contributed by atoms with E-state index in [2.05, 4.69) is 4.72 Å². The number of methoxy groups -OCH3 is 1. The van der Waals surface area contributed by atoms with Crippen molar-refractivity contribution in [2.75, 3.05) is 26.0 Å². The number of hydrogen-bond acceptors (Lipinski definition) is 5. The van der Waals surface area contributed by atoms with Crippen LogP contribution in [0.15, 0.2) is 23.1 Å². The van der Waals surface area contributed by atoms with Gasteiger partial charge >= 0.3 is 0 Å². The fraction of sp³-hybridized carbons (Fsp3) is 0.571. The minimum Gasteiger partial charge on any atom is -0.495 e. The Balaban J connectivity index is 2.94. The maximum Gasteiger partial charge on any atom is 0.240 e. The van der Waals surface area contributed by atoms with Crippen LogP contribution in [-0.4, -0.2) is 33.8 Å². The number of benzene rings is 1. The molecule has 1 aromatic carbocycles. The van der Waals surface area contributed by atoms with Crippen LogP contribution in [0.2, 0.25) is 0 Å². The van der Waals surface area contributed by atoms with E-state index in [0.29, 0.717) is 18.6 Å². The Morgan fingerprint density at radius 2 is 1.95 bits per heavy atom. The largest absolute Gasteiger partial charge is 0.495 e. The van der Waals surface area contributed by atoms with E-state index in [1.807, 2.05) is 13.8 Å². The molecule has 0 saturated carbocycles. The molecule has 0 aromatic heterocycles. The van der Waals surface area contributed by atoms with Crippen LogP contribution in [0.3, 0.4) is 0 Å². The van der Waals surface area contributed by atoms with Crippen LogP contribution in [0, 0.1) is 5.41 Å². The molecule has 120 valence electrons. The molecule has 1 aromatic rings. The molecule has 1 rings (SSSR count). The third-order valence-electron chi connectivity index (χ3n) is 3.98. The smallest absolute Gasteiger partial charge is 0.240 e. The van der Waals surface area contributed by atoms with Gasteiger partial charge in [0.25, 0.3) is 0 Å². The van der Waals surface area contributed by atoms with Crippen LogP contribution in [0.1, 0.15) is 26.7 Å². The standard InChI is InChI=1S/C14H24N2O4S/c1-4-14(5-2,10-17)9-16-21(18,19)11-6-7-13(20-3)12(15)8-11/h6-8,16-17H,4-5,9-10,15H2,1-3H3. The van der Waals surface area contributed by atoms with Crippen molar-refractivity contribution in [1.29, 1.82) is 0 Å². The van der Waals surface area contributed by atoms with Gasteiger partial charge < -0.3 is 15.6 Å². The monoisotopic (exact) mass is 316 g/mol. The fourth-order valence-corrected chi connectivity index (χ4v) is 3.18. The number of aliphatic hydroxyl groups is 1. The van der Waals surface area contributed by atoms with Gasteiger partial charge in [0.2, 0.25) is 10.0 Å². The first-order valence-electron chi connectivity index (χ1n) is 6.88. The molecule has 0 atom stereocenters. The molecule has 0 bridgehead atoms. The van der Waals surface area contributed by atoms with Gasteiger partial charge in [-0.1, -0.05) is 13.8 Å². The molecule has 6 nitrogen and oxygen atoms in total. The van der Waals surface area contributed by atoms with Gasteiger partial charge in [-0.3, -0.25) is 0 Å². The molecule has 21 heavy (non-hydrogen) atoms. The number of anilines is 1. The topological polar surface area (TPSA) is 102 Å². The molecular formula is C14H24N2O4S. The molecular weight excluding hydrogens is 292 g/mol. The van der Waals surface area contributed by atoms with Gasteiger partial charge in [-0.15, -0.1) is 0 Å². The average molecular weight is 316 g/mol. The molecule has 0 radical (unpaired) electrons. The third-order valence-corrected chi connectivity index (χ3v) is 5.38. The predicted octanol–water partition coefficient (Wildman–Crippen LogP) is 1.35. The van der Waals surface area contributed by atoms with Crippen LogP contribution in [-0.2, 0) is 10.0 Å². The molecule has 0 aliphatic heterocycles. The van der Waals surface area contributed by atoms with Gasteiger partial charge in [-0.25, -0.2) is 13.1 Å². The molecule has 0 spiro atoms. The molecule has 4 N–H and O–H groups in total. The predicted molar refractivity (Wildman–Crippen MR) is 82.7 cm³/mol. The van der Waals surface area contributed by atoms with Crippen LogP contribution >= 0.6 is 0 Å². The molecule has 0 unspecified atom stereocenters. The Hall–Kier alpha value is -1.31. The van der Waals surface area contributed by atoms with Gasteiger partial charge in [0, 0.05) is 18.6 Å². The van der Waals surface area contributed by atoms with Gasteiger partial charge in [-0.05, 0) is 31.0 Å². The van der Waals surface area contributed by atoms with Crippen LogP contribution in [0.5, 0.6) is 5.75 Å². The van der Waals surface area contributed by atoms with Crippen LogP contribution in [0.25, 0.3) is 0 Å². The minimum absolute atomic E-state index is 0.0622. The lowest BCUT2D eigenvalue weighted by molar-refractivity contribution is 0.119. The number of sulfonamides is 1. The van der Waals surface area contributed by atoms with Crippen molar-refractivity contribution in [3.8, 4) is 5.75 Å². The number of hydrogen-bond donors (Lipinski definition) is 3. The Bertz CT molecular complexity index is 560. The average Bonchev–Trinajstić information content (AvgIpc) is 2.49. The quantitative estimate of drug-likeness (QED) is 0.628. The highest BCUT2D eigenvalue weighted by atomic mass is 32.2. The van der Waals surface area contributed by atoms with E-state index >= 15 is 0 Å². The SMILES string of the molecule is CCC(CC)(CO)CNS(=O)(=O)c1ccc(OC)c(N)c1. The summed E-state index contributed by atoms with van der Waals surface area (Å²) in [4.78, 5) is 0.0832. The third kappa shape index (κ3) is 4.09. The number of ether oxygens (including phenoxy) is 1. The first-order chi connectivity index (χ1) is 9.84. The van der Waals surface area contributed by atoms with Gasteiger partial charge in [0.1, 0.15) is 5.75 Å². The first-order valence-corrected chi connectivity index (χ1v) is 8.36. The number of nitrogen functional groups attached to an aromatic ring is 1. The van der Waals surface area contributed by atoms with E-state index in [0.717, 1.165) is 0 Å². The maximum atomic E-state index is 12.3. The van der Waals surface area contributed by atoms with E-state index in [-0.39, 0.29) is 23.7 Å². The maximum absolute atomic E-state index is 12.3. The van der Waals surface area contributed by atoms with Crippen LogP contribution in [0.4, 0.5) is 5.69 Å². The second-order valence-corrected chi connectivity index (χ2v) is 6.86. The zero-order valence-corrected chi connectivity index (χ0v) is 13.5. The second-order valence-electron chi connectivity index (χ2n) is 5.09. The lowest BCUT2D eigenvalue weighted by atomic mass is 9.84. The van der Waals surface area contributed by atoms with Crippen molar-refractivity contribution in [1.82, 2.24) is 4.72 Å². The molecule has 7 heteroatoms.